The van der Waals surface area contributed by atoms with Crippen LogP contribution in [0.4, 0.5) is 16.3 Å². The smallest absolute Gasteiger partial charge is 0.316 e. The number of imidazole rings is 1. The van der Waals surface area contributed by atoms with Crippen LogP contribution in [0.2, 0.25) is 10.0 Å². The Morgan fingerprint density at radius 2 is 1.73 bits per heavy atom. The highest BCUT2D eigenvalue weighted by Gasteiger charge is 2.40. The molecule has 0 radical (unpaired) electrons. The van der Waals surface area contributed by atoms with Crippen molar-refractivity contribution in [3.63, 3.8) is 0 Å². The standard InChI is InChI=1S/C22H21BrCl2N4O/c1-11(2)28-19-18(16-8-7-14(24)9-13(16)4)29(17-10-15(25)6-5-12(17)3)22(30)27-20(19)26-21(28)23/h5-11,18H,1-4H3,(H,27,30). The third kappa shape index (κ3) is 3.51. The van der Waals surface area contributed by atoms with E-state index in [2.05, 4.69) is 44.6 Å². The second kappa shape index (κ2) is 7.91. The van der Waals surface area contributed by atoms with Crippen molar-refractivity contribution in [3.05, 3.63) is 73.6 Å². The number of rotatable bonds is 3. The summed E-state index contributed by atoms with van der Waals surface area (Å²) in [5, 5.41) is 4.18. The molecule has 156 valence electrons. The predicted octanol–water partition coefficient (Wildman–Crippen LogP) is 7.29. The molecule has 0 saturated heterocycles. The molecule has 1 unspecified atom stereocenters. The summed E-state index contributed by atoms with van der Waals surface area (Å²) in [5.74, 6) is 0.552. The molecule has 4 rings (SSSR count). The Labute approximate surface area is 194 Å². The van der Waals surface area contributed by atoms with Crippen LogP contribution in [0.3, 0.4) is 0 Å². The van der Waals surface area contributed by atoms with E-state index in [9.17, 15) is 4.79 Å². The Bertz CT molecular complexity index is 1160. The summed E-state index contributed by atoms with van der Waals surface area (Å²) in [5.41, 5.74) is 4.57. The number of carbonyl (C=O) groups is 1. The molecule has 1 N–H and O–H groups in total. The average Bonchev–Trinajstić information content (AvgIpc) is 2.99. The van der Waals surface area contributed by atoms with Gasteiger partial charge in [-0.05, 0) is 84.6 Å². The van der Waals surface area contributed by atoms with Crippen LogP contribution in [0.1, 0.15) is 48.3 Å². The molecule has 30 heavy (non-hydrogen) atoms. The summed E-state index contributed by atoms with van der Waals surface area (Å²) in [6.07, 6.45) is 0. The number of urea groups is 1. The molecule has 0 fully saturated rings. The van der Waals surface area contributed by atoms with E-state index in [0.717, 1.165) is 28.1 Å². The molecule has 0 saturated carbocycles. The number of halogens is 3. The third-order valence-electron chi connectivity index (χ3n) is 5.34. The van der Waals surface area contributed by atoms with Gasteiger partial charge in [-0.3, -0.25) is 10.2 Å². The maximum Gasteiger partial charge on any atom is 0.328 e. The number of aryl methyl sites for hydroxylation is 2. The number of amides is 2. The largest absolute Gasteiger partial charge is 0.328 e. The van der Waals surface area contributed by atoms with Crippen LogP contribution in [0.25, 0.3) is 0 Å². The summed E-state index contributed by atoms with van der Waals surface area (Å²) >= 11 is 16.1. The minimum Gasteiger partial charge on any atom is -0.316 e. The van der Waals surface area contributed by atoms with E-state index in [1.807, 2.05) is 50.2 Å². The van der Waals surface area contributed by atoms with Gasteiger partial charge < -0.3 is 4.57 Å². The summed E-state index contributed by atoms with van der Waals surface area (Å²) in [4.78, 5) is 19.7. The molecule has 8 heteroatoms. The van der Waals surface area contributed by atoms with Gasteiger partial charge in [-0.2, -0.15) is 0 Å². The SMILES string of the molecule is Cc1cc(Cl)ccc1C1c2c(nc(Br)n2C(C)C)NC(=O)N1c1cc(Cl)ccc1C. The molecule has 1 aliphatic heterocycles. The molecule has 1 aliphatic rings. The van der Waals surface area contributed by atoms with Gasteiger partial charge in [0.05, 0.1) is 11.4 Å². The predicted molar refractivity (Wildman–Crippen MR) is 126 cm³/mol. The van der Waals surface area contributed by atoms with E-state index in [1.54, 1.807) is 4.90 Å². The number of fused-ring (bicyclic) bond motifs is 1. The van der Waals surface area contributed by atoms with Crippen LogP contribution in [0.5, 0.6) is 0 Å². The first-order valence-corrected chi connectivity index (χ1v) is 11.1. The van der Waals surface area contributed by atoms with Gasteiger partial charge in [-0.1, -0.05) is 35.3 Å². The summed E-state index contributed by atoms with van der Waals surface area (Å²) in [7, 11) is 0. The van der Waals surface area contributed by atoms with Crippen LogP contribution < -0.4 is 10.2 Å². The highest BCUT2D eigenvalue weighted by Crippen LogP contribution is 2.45. The van der Waals surface area contributed by atoms with Gasteiger partial charge >= 0.3 is 6.03 Å². The monoisotopic (exact) mass is 506 g/mol. The van der Waals surface area contributed by atoms with E-state index in [1.165, 1.54) is 0 Å². The fourth-order valence-corrected chi connectivity index (χ4v) is 5.16. The number of aromatic nitrogens is 2. The maximum atomic E-state index is 13.4. The lowest BCUT2D eigenvalue weighted by Crippen LogP contribution is -2.44. The minimum atomic E-state index is -0.399. The summed E-state index contributed by atoms with van der Waals surface area (Å²) in [6, 6.07) is 10.8. The van der Waals surface area contributed by atoms with Crippen molar-refractivity contribution in [3.8, 4) is 0 Å². The van der Waals surface area contributed by atoms with Crippen LogP contribution in [0.15, 0.2) is 41.1 Å². The Morgan fingerprint density at radius 1 is 1.07 bits per heavy atom. The molecule has 2 heterocycles. The molecule has 5 nitrogen and oxygen atoms in total. The molecular formula is C22H21BrCl2N4O. The van der Waals surface area contributed by atoms with Crippen molar-refractivity contribution in [1.29, 1.82) is 0 Å². The topological polar surface area (TPSA) is 50.2 Å². The number of anilines is 2. The zero-order chi connectivity index (χ0) is 21.7. The first-order valence-electron chi connectivity index (χ1n) is 9.59. The second-order valence-corrected chi connectivity index (χ2v) is 9.29. The van der Waals surface area contributed by atoms with Crippen LogP contribution in [0, 0.1) is 13.8 Å². The quantitative estimate of drug-likeness (QED) is 0.404. The van der Waals surface area contributed by atoms with Crippen LogP contribution in [-0.2, 0) is 0 Å². The third-order valence-corrected chi connectivity index (χ3v) is 6.37. The van der Waals surface area contributed by atoms with Crippen molar-refractivity contribution >= 4 is 56.7 Å². The average molecular weight is 508 g/mol. The van der Waals surface area contributed by atoms with Gasteiger partial charge in [0.2, 0.25) is 0 Å². The van der Waals surface area contributed by atoms with E-state index in [-0.39, 0.29) is 12.1 Å². The van der Waals surface area contributed by atoms with Gasteiger partial charge in [0.1, 0.15) is 6.04 Å². The van der Waals surface area contributed by atoms with Crippen LogP contribution >= 0.6 is 39.1 Å². The van der Waals surface area contributed by atoms with E-state index >= 15 is 0 Å². The first-order chi connectivity index (χ1) is 14.2. The lowest BCUT2D eigenvalue weighted by molar-refractivity contribution is 0.254. The van der Waals surface area contributed by atoms with E-state index < -0.39 is 6.04 Å². The zero-order valence-corrected chi connectivity index (χ0v) is 20.1. The van der Waals surface area contributed by atoms with Gasteiger partial charge in [-0.25, -0.2) is 9.78 Å². The molecule has 1 aromatic heterocycles. The van der Waals surface area contributed by atoms with Crippen molar-refractivity contribution in [2.24, 2.45) is 0 Å². The number of carbonyl (C=O) groups excluding carboxylic acids is 1. The van der Waals surface area contributed by atoms with Gasteiger partial charge in [-0.15, -0.1) is 0 Å². The lowest BCUT2D eigenvalue weighted by atomic mass is 9.94. The number of nitrogens with one attached hydrogen (secondary N) is 1. The Morgan fingerprint density at radius 3 is 2.40 bits per heavy atom. The fourth-order valence-electron chi connectivity index (χ4n) is 3.99. The normalized spacial score (nSPS) is 16.1. The Kier molecular flexibility index (Phi) is 5.60. The molecule has 0 bridgehead atoms. The van der Waals surface area contributed by atoms with Crippen molar-refractivity contribution in [1.82, 2.24) is 9.55 Å². The van der Waals surface area contributed by atoms with Crippen LogP contribution in [-0.4, -0.2) is 15.6 Å². The number of nitrogens with zero attached hydrogens (tertiary/aromatic N) is 3. The van der Waals surface area contributed by atoms with Gasteiger partial charge in [0.25, 0.3) is 0 Å². The zero-order valence-electron chi connectivity index (χ0n) is 17.0. The molecule has 3 aromatic rings. The van der Waals surface area contributed by atoms with Crippen molar-refractivity contribution in [2.45, 2.75) is 39.8 Å². The molecule has 0 spiro atoms. The second-order valence-electron chi connectivity index (χ2n) is 7.71. The highest BCUT2D eigenvalue weighted by molar-refractivity contribution is 9.10. The molecule has 2 amide bonds. The Balaban J connectivity index is 2.05. The minimum absolute atomic E-state index is 0.128. The fraction of sp³-hybridized carbons (Fsp3) is 0.273. The summed E-state index contributed by atoms with van der Waals surface area (Å²) in [6.45, 7) is 8.14. The number of benzene rings is 2. The van der Waals surface area contributed by atoms with Gasteiger partial charge in [0, 0.05) is 16.1 Å². The van der Waals surface area contributed by atoms with Gasteiger partial charge in [0.15, 0.2) is 10.6 Å². The molecule has 1 atom stereocenters. The Hall–Kier alpha value is -2.02. The van der Waals surface area contributed by atoms with E-state index in [0.29, 0.717) is 20.6 Å². The highest BCUT2D eigenvalue weighted by atomic mass is 79.9. The number of hydrogen-bond donors (Lipinski definition) is 1. The van der Waals surface area contributed by atoms with Crippen molar-refractivity contribution in [2.75, 3.05) is 10.2 Å². The molecule has 2 aromatic carbocycles. The summed E-state index contributed by atoms with van der Waals surface area (Å²) < 4.78 is 2.77. The molecule has 0 aliphatic carbocycles. The number of hydrogen-bond acceptors (Lipinski definition) is 2. The van der Waals surface area contributed by atoms with E-state index in [4.69, 9.17) is 23.2 Å². The first kappa shape index (κ1) is 21.2. The lowest BCUT2D eigenvalue weighted by Gasteiger charge is -2.38. The maximum absolute atomic E-state index is 13.4. The van der Waals surface area contributed by atoms with Crippen molar-refractivity contribution < 1.29 is 4.79 Å². The molecular weight excluding hydrogens is 487 g/mol.